The first-order valence-electron chi connectivity index (χ1n) is 6.73. The number of hydrogen-bond acceptors (Lipinski definition) is 3. The van der Waals surface area contributed by atoms with Gasteiger partial charge in [0.25, 0.3) is 0 Å². The number of nitrogens with one attached hydrogen (secondary N) is 1. The molecule has 0 aliphatic carbocycles. The number of hydrogen-bond donors (Lipinski definition) is 2. The molecule has 0 heterocycles. The SMILES string of the molecule is O=CNCCC(O)(C(=O)c1ccccc1)c1ccccc1. The lowest BCUT2D eigenvalue weighted by Gasteiger charge is -2.27. The molecule has 0 fully saturated rings. The third kappa shape index (κ3) is 3.35. The minimum atomic E-state index is -1.65. The second-order valence-corrected chi connectivity index (χ2v) is 4.74. The molecule has 0 bridgehead atoms. The first kappa shape index (κ1) is 14.9. The van der Waals surface area contributed by atoms with Gasteiger partial charge in [-0.3, -0.25) is 9.59 Å². The molecule has 0 aliphatic rings. The molecule has 2 aromatic rings. The first-order chi connectivity index (χ1) is 10.2. The summed E-state index contributed by atoms with van der Waals surface area (Å²) >= 11 is 0. The average molecular weight is 283 g/mol. The molecule has 4 heteroatoms. The lowest BCUT2D eigenvalue weighted by Crippen LogP contribution is -2.38. The highest BCUT2D eigenvalue weighted by atomic mass is 16.3. The fraction of sp³-hybridized carbons (Fsp3) is 0.176. The smallest absolute Gasteiger partial charge is 0.207 e. The van der Waals surface area contributed by atoms with Gasteiger partial charge in [0.2, 0.25) is 6.41 Å². The molecular formula is C17H17NO3. The molecule has 0 aliphatic heterocycles. The van der Waals surface area contributed by atoms with E-state index in [-0.39, 0.29) is 18.7 Å². The summed E-state index contributed by atoms with van der Waals surface area (Å²) in [6.07, 6.45) is 0.669. The molecule has 0 aromatic heterocycles. The summed E-state index contributed by atoms with van der Waals surface area (Å²) < 4.78 is 0. The van der Waals surface area contributed by atoms with E-state index in [1.54, 1.807) is 48.5 Å². The van der Waals surface area contributed by atoms with Crippen molar-refractivity contribution in [1.82, 2.24) is 5.32 Å². The second-order valence-electron chi connectivity index (χ2n) is 4.74. The third-order valence-electron chi connectivity index (χ3n) is 3.38. The van der Waals surface area contributed by atoms with Gasteiger partial charge < -0.3 is 10.4 Å². The molecule has 1 atom stereocenters. The molecule has 1 amide bonds. The summed E-state index contributed by atoms with van der Waals surface area (Å²) in [7, 11) is 0. The quantitative estimate of drug-likeness (QED) is 0.463. The molecular weight excluding hydrogens is 266 g/mol. The number of amides is 1. The van der Waals surface area contributed by atoms with E-state index in [9.17, 15) is 14.7 Å². The van der Waals surface area contributed by atoms with Crippen molar-refractivity contribution < 1.29 is 14.7 Å². The summed E-state index contributed by atoms with van der Waals surface area (Å²) in [4.78, 5) is 23.1. The van der Waals surface area contributed by atoms with E-state index in [0.29, 0.717) is 17.5 Å². The highest BCUT2D eigenvalue weighted by Crippen LogP contribution is 2.29. The van der Waals surface area contributed by atoms with E-state index in [1.807, 2.05) is 12.1 Å². The maximum absolute atomic E-state index is 12.7. The molecule has 0 saturated carbocycles. The molecule has 0 spiro atoms. The van der Waals surface area contributed by atoms with Crippen LogP contribution < -0.4 is 5.32 Å². The van der Waals surface area contributed by atoms with E-state index in [0.717, 1.165) is 0 Å². The van der Waals surface area contributed by atoms with Crippen LogP contribution in [0.2, 0.25) is 0 Å². The predicted molar refractivity (Wildman–Crippen MR) is 79.8 cm³/mol. The highest BCUT2D eigenvalue weighted by molar-refractivity contribution is 6.02. The van der Waals surface area contributed by atoms with Gasteiger partial charge in [-0.15, -0.1) is 0 Å². The molecule has 2 N–H and O–H groups in total. The fourth-order valence-corrected chi connectivity index (χ4v) is 2.24. The van der Waals surface area contributed by atoms with Crippen LogP contribution in [0, 0.1) is 0 Å². The van der Waals surface area contributed by atoms with Gasteiger partial charge in [-0.2, -0.15) is 0 Å². The maximum Gasteiger partial charge on any atom is 0.207 e. The van der Waals surface area contributed by atoms with Crippen molar-refractivity contribution in [1.29, 1.82) is 0 Å². The summed E-state index contributed by atoms with van der Waals surface area (Å²) in [5, 5.41) is 13.4. The van der Waals surface area contributed by atoms with Crippen LogP contribution in [0.15, 0.2) is 60.7 Å². The zero-order valence-corrected chi connectivity index (χ0v) is 11.5. The molecule has 108 valence electrons. The lowest BCUT2D eigenvalue weighted by molar-refractivity contribution is -0.109. The number of Topliss-reactive ketones (excluding diaryl/α,β-unsaturated/α-hetero) is 1. The lowest BCUT2D eigenvalue weighted by atomic mass is 9.83. The average Bonchev–Trinajstić information content (AvgIpc) is 2.56. The van der Waals surface area contributed by atoms with E-state index in [4.69, 9.17) is 0 Å². The normalized spacial score (nSPS) is 13.2. The van der Waals surface area contributed by atoms with E-state index < -0.39 is 5.60 Å². The van der Waals surface area contributed by atoms with Gasteiger partial charge in [-0.1, -0.05) is 60.7 Å². The van der Waals surface area contributed by atoms with Crippen LogP contribution >= 0.6 is 0 Å². The molecule has 2 rings (SSSR count). The zero-order chi connectivity index (χ0) is 15.1. The minimum absolute atomic E-state index is 0.115. The number of benzene rings is 2. The molecule has 0 saturated heterocycles. The Kier molecular flexibility index (Phi) is 4.85. The Labute approximate surface area is 123 Å². The fourth-order valence-electron chi connectivity index (χ4n) is 2.24. The first-order valence-corrected chi connectivity index (χ1v) is 6.73. The topological polar surface area (TPSA) is 66.4 Å². The zero-order valence-electron chi connectivity index (χ0n) is 11.5. The van der Waals surface area contributed by atoms with Crippen molar-refractivity contribution in [3.63, 3.8) is 0 Å². The molecule has 2 aromatic carbocycles. The van der Waals surface area contributed by atoms with Gasteiger partial charge in [-0.25, -0.2) is 0 Å². The second kappa shape index (κ2) is 6.81. The van der Waals surface area contributed by atoms with Gasteiger partial charge in [0, 0.05) is 18.5 Å². The number of aliphatic hydroxyl groups is 1. The largest absolute Gasteiger partial charge is 0.377 e. The summed E-state index contributed by atoms with van der Waals surface area (Å²) in [5.74, 6) is -0.373. The summed E-state index contributed by atoms with van der Waals surface area (Å²) in [5.41, 5.74) is -0.694. The Morgan fingerprint density at radius 1 is 1.05 bits per heavy atom. The van der Waals surface area contributed by atoms with E-state index in [1.165, 1.54) is 0 Å². The predicted octanol–water partition coefficient (Wildman–Crippen LogP) is 1.89. The van der Waals surface area contributed by atoms with E-state index in [2.05, 4.69) is 5.32 Å². The van der Waals surface area contributed by atoms with Crippen LogP contribution in [0.4, 0.5) is 0 Å². The molecule has 4 nitrogen and oxygen atoms in total. The van der Waals surface area contributed by atoms with Gasteiger partial charge in [-0.05, 0) is 5.56 Å². The molecule has 0 radical (unpaired) electrons. The maximum atomic E-state index is 12.7. The van der Waals surface area contributed by atoms with Crippen molar-refractivity contribution in [2.45, 2.75) is 12.0 Å². The van der Waals surface area contributed by atoms with Gasteiger partial charge in [0.1, 0.15) is 0 Å². The number of rotatable bonds is 7. The standard InChI is InChI=1S/C17H17NO3/c19-13-18-12-11-17(21,15-9-5-2-6-10-15)16(20)14-7-3-1-4-8-14/h1-10,13,21H,11-12H2,(H,18,19). The third-order valence-corrected chi connectivity index (χ3v) is 3.38. The Morgan fingerprint density at radius 2 is 1.62 bits per heavy atom. The van der Waals surface area contributed by atoms with Gasteiger partial charge >= 0.3 is 0 Å². The van der Waals surface area contributed by atoms with Crippen molar-refractivity contribution in [3.05, 3.63) is 71.8 Å². The van der Waals surface area contributed by atoms with Gasteiger partial charge in [0.15, 0.2) is 11.4 Å². The van der Waals surface area contributed by atoms with Crippen molar-refractivity contribution in [2.24, 2.45) is 0 Å². The monoisotopic (exact) mass is 283 g/mol. The number of ketones is 1. The van der Waals surface area contributed by atoms with Crippen molar-refractivity contribution >= 4 is 12.2 Å². The van der Waals surface area contributed by atoms with Crippen LogP contribution in [0.1, 0.15) is 22.3 Å². The Hall–Kier alpha value is -2.46. The summed E-state index contributed by atoms with van der Waals surface area (Å²) in [6.45, 7) is 0.216. The highest BCUT2D eigenvalue weighted by Gasteiger charge is 2.37. The molecule has 1 unspecified atom stereocenters. The molecule has 21 heavy (non-hydrogen) atoms. The van der Waals surface area contributed by atoms with Crippen molar-refractivity contribution in [2.75, 3.05) is 6.54 Å². The van der Waals surface area contributed by atoms with Crippen LogP contribution in [0.5, 0.6) is 0 Å². The minimum Gasteiger partial charge on any atom is -0.377 e. The summed E-state index contributed by atoms with van der Waals surface area (Å²) in [6, 6.07) is 17.4. The van der Waals surface area contributed by atoms with Gasteiger partial charge in [0.05, 0.1) is 0 Å². The number of carbonyl (C=O) groups excluding carboxylic acids is 2. The van der Waals surface area contributed by atoms with Crippen LogP contribution in [0.3, 0.4) is 0 Å². The Morgan fingerprint density at radius 3 is 2.19 bits per heavy atom. The van der Waals surface area contributed by atoms with E-state index >= 15 is 0 Å². The van der Waals surface area contributed by atoms with Crippen LogP contribution in [0.25, 0.3) is 0 Å². The van der Waals surface area contributed by atoms with Crippen LogP contribution in [-0.2, 0) is 10.4 Å². The van der Waals surface area contributed by atoms with Crippen LogP contribution in [-0.4, -0.2) is 23.8 Å². The van der Waals surface area contributed by atoms with Crippen molar-refractivity contribution in [3.8, 4) is 0 Å². The Balaban J connectivity index is 2.36. The number of carbonyl (C=O) groups is 2. The Bertz CT molecular complexity index is 598.